The summed E-state index contributed by atoms with van der Waals surface area (Å²) < 4.78 is 53.8. The molecule has 0 spiro atoms. The largest absolute Gasteiger partial charge is 0.416 e. The van der Waals surface area contributed by atoms with Gasteiger partial charge in [-0.3, -0.25) is 4.79 Å². The van der Waals surface area contributed by atoms with Gasteiger partial charge < -0.3 is 5.32 Å². The van der Waals surface area contributed by atoms with Crippen LogP contribution in [-0.2, 0) is 12.7 Å². The topological polar surface area (TPSA) is 59.8 Å². The third-order valence-electron chi connectivity index (χ3n) is 4.05. The minimum Gasteiger partial charge on any atom is -0.348 e. The molecule has 5 nitrogen and oxygen atoms in total. The summed E-state index contributed by atoms with van der Waals surface area (Å²) in [6, 6.07) is 7.30. The normalized spacial score (nSPS) is 11.5. The second kappa shape index (κ2) is 7.41. The van der Waals surface area contributed by atoms with Gasteiger partial charge in [0.05, 0.1) is 16.8 Å². The van der Waals surface area contributed by atoms with Gasteiger partial charge in [-0.25, -0.2) is 14.1 Å². The Kier molecular flexibility index (Phi) is 5.17. The van der Waals surface area contributed by atoms with E-state index in [1.165, 1.54) is 12.3 Å². The van der Waals surface area contributed by atoms with E-state index < -0.39 is 30.0 Å². The molecule has 0 aliphatic rings. The van der Waals surface area contributed by atoms with Crippen LogP contribution in [0.2, 0.25) is 0 Å². The van der Waals surface area contributed by atoms with E-state index in [-0.39, 0.29) is 11.1 Å². The van der Waals surface area contributed by atoms with Crippen LogP contribution in [0, 0.1) is 19.7 Å². The number of alkyl halides is 3. The Hall–Kier alpha value is -3.23. The van der Waals surface area contributed by atoms with Crippen molar-refractivity contribution in [2.75, 3.05) is 0 Å². The van der Waals surface area contributed by atoms with Crippen molar-refractivity contribution in [3.8, 4) is 5.82 Å². The average Bonchev–Trinajstić information content (AvgIpc) is 2.98. The Balaban J connectivity index is 1.73. The highest BCUT2D eigenvalue weighted by Crippen LogP contribution is 2.32. The Morgan fingerprint density at radius 1 is 1.14 bits per heavy atom. The van der Waals surface area contributed by atoms with Gasteiger partial charge in [0, 0.05) is 18.4 Å². The van der Waals surface area contributed by atoms with Crippen molar-refractivity contribution in [3.05, 3.63) is 76.5 Å². The summed E-state index contributed by atoms with van der Waals surface area (Å²) in [5.74, 6) is -1.07. The maximum absolute atomic E-state index is 13.1. The number of hydrogen-bond donors (Lipinski definition) is 1. The van der Waals surface area contributed by atoms with E-state index in [4.69, 9.17) is 0 Å². The zero-order valence-corrected chi connectivity index (χ0v) is 15.0. The molecule has 0 fully saturated rings. The van der Waals surface area contributed by atoms with E-state index in [0.717, 1.165) is 23.5 Å². The van der Waals surface area contributed by atoms with Gasteiger partial charge in [-0.1, -0.05) is 6.07 Å². The van der Waals surface area contributed by atoms with Crippen molar-refractivity contribution in [2.45, 2.75) is 26.6 Å². The van der Waals surface area contributed by atoms with Crippen molar-refractivity contribution in [3.63, 3.8) is 0 Å². The molecule has 0 atom stereocenters. The fraction of sp³-hybridized carbons (Fsp3) is 0.211. The smallest absolute Gasteiger partial charge is 0.348 e. The monoisotopic (exact) mass is 392 g/mol. The van der Waals surface area contributed by atoms with Crippen LogP contribution in [0.3, 0.4) is 0 Å². The number of nitrogens with one attached hydrogen (secondary N) is 1. The molecule has 1 aromatic carbocycles. The predicted octanol–water partition coefficient (Wildman–Crippen LogP) is 3.97. The Morgan fingerprint density at radius 3 is 2.46 bits per heavy atom. The zero-order chi connectivity index (χ0) is 20.5. The molecule has 0 aliphatic carbocycles. The minimum atomic E-state index is -4.72. The molecule has 0 bridgehead atoms. The Labute approximate surface area is 158 Å². The van der Waals surface area contributed by atoms with Gasteiger partial charge >= 0.3 is 6.18 Å². The van der Waals surface area contributed by atoms with E-state index in [2.05, 4.69) is 15.4 Å². The highest BCUT2D eigenvalue weighted by atomic mass is 19.4. The van der Waals surface area contributed by atoms with Gasteiger partial charge in [-0.2, -0.15) is 18.3 Å². The average molecular weight is 392 g/mol. The number of halogens is 4. The SMILES string of the molecule is Cc1cc(C)n(-c2ccc(C(=O)NCc3ccc(F)cc3C(F)(F)F)cn2)n1. The summed E-state index contributed by atoms with van der Waals surface area (Å²) in [5.41, 5.74) is 0.528. The first kappa shape index (κ1) is 19.5. The molecule has 0 saturated heterocycles. The van der Waals surface area contributed by atoms with E-state index in [1.54, 1.807) is 10.7 Å². The fourth-order valence-electron chi connectivity index (χ4n) is 2.75. The van der Waals surface area contributed by atoms with Gasteiger partial charge in [0.15, 0.2) is 5.82 Å². The maximum Gasteiger partial charge on any atom is 0.416 e. The number of rotatable bonds is 4. The lowest BCUT2D eigenvalue weighted by Gasteiger charge is -2.13. The Morgan fingerprint density at radius 2 is 1.89 bits per heavy atom. The summed E-state index contributed by atoms with van der Waals surface area (Å²) in [6.07, 6.45) is -3.40. The number of carbonyl (C=O) groups excluding carboxylic acids is 1. The zero-order valence-electron chi connectivity index (χ0n) is 15.0. The first-order valence-corrected chi connectivity index (χ1v) is 8.28. The highest BCUT2D eigenvalue weighted by molar-refractivity contribution is 5.93. The number of benzene rings is 1. The van der Waals surface area contributed by atoms with E-state index >= 15 is 0 Å². The molecule has 2 aromatic heterocycles. The van der Waals surface area contributed by atoms with Crippen LogP contribution in [0.15, 0.2) is 42.6 Å². The molecule has 1 amide bonds. The maximum atomic E-state index is 13.1. The Bertz CT molecular complexity index is 1010. The molecule has 0 radical (unpaired) electrons. The number of nitrogens with zero attached hydrogens (tertiary/aromatic N) is 3. The summed E-state index contributed by atoms with van der Waals surface area (Å²) >= 11 is 0. The first-order valence-electron chi connectivity index (χ1n) is 8.28. The molecule has 9 heteroatoms. The molecule has 3 rings (SSSR count). The van der Waals surface area contributed by atoms with Crippen LogP contribution in [0.4, 0.5) is 17.6 Å². The summed E-state index contributed by atoms with van der Waals surface area (Å²) in [6.45, 7) is 3.31. The molecular weight excluding hydrogens is 376 g/mol. The number of hydrogen-bond acceptors (Lipinski definition) is 3. The van der Waals surface area contributed by atoms with Crippen molar-refractivity contribution in [1.82, 2.24) is 20.1 Å². The van der Waals surface area contributed by atoms with Crippen molar-refractivity contribution < 1.29 is 22.4 Å². The van der Waals surface area contributed by atoms with Crippen LogP contribution >= 0.6 is 0 Å². The molecule has 1 N–H and O–H groups in total. The van der Waals surface area contributed by atoms with E-state index in [9.17, 15) is 22.4 Å². The lowest BCUT2D eigenvalue weighted by atomic mass is 10.1. The van der Waals surface area contributed by atoms with Crippen molar-refractivity contribution in [2.24, 2.45) is 0 Å². The number of pyridine rings is 1. The van der Waals surface area contributed by atoms with E-state index in [1.807, 2.05) is 19.9 Å². The quantitative estimate of drug-likeness (QED) is 0.684. The van der Waals surface area contributed by atoms with Gasteiger partial charge in [-0.15, -0.1) is 0 Å². The lowest BCUT2D eigenvalue weighted by molar-refractivity contribution is -0.138. The molecule has 2 heterocycles. The molecule has 0 unspecified atom stereocenters. The van der Waals surface area contributed by atoms with Gasteiger partial charge in [-0.05, 0) is 49.7 Å². The summed E-state index contributed by atoms with van der Waals surface area (Å²) in [5, 5.41) is 6.69. The summed E-state index contributed by atoms with van der Waals surface area (Å²) in [4.78, 5) is 16.4. The number of aromatic nitrogens is 3. The standard InChI is InChI=1S/C19H16F4N4O/c1-11-7-12(2)27(26-11)17-6-4-14(10-24-17)18(28)25-9-13-3-5-15(20)8-16(13)19(21,22)23/h3-8,10H,9H2,1-2H3,(H,25,28). The fourth-order valence-corrected chi connectivity index (χ4v) is 2.75. The highest BCUT2D eigenvalue weighted by Gasteiger charge is 2.33. The second-order valence-corrected chi connectivity index (χ2v) is 6.23. The van der Waals surface area contributed by atoms with Crippen molar-refractivity contribution in [1.29, 1.82) is 0 Å². The number of amides is 1. The first-order chi connectivity index (χ1) is 13.1. The van der Waals surface area contributed by atoms with Crippen LogP contribution in [0.25, 0.3) is 5.82 Å². The number of carbonyl (C=O) groups is 1. The van der Waals surface area contributed by atoms with E-state index in [0.29, 0.717) is 11.9 Å². The third-order valence-corrected chi connectivity index (χ3v) is 4.05. The molecule has 28 heavy (non-hydrogen) atoms. The van der Waals surface area contributed by atoms with Crippen LogP contribution < -0.4 is 5.32 Å². The predicted molar refractivity (Wildman–Crippen MR) is 93.4 cm³/mol. The summed E-state index contributed by atoms with van der Waals surface area (Å²) in [7, 11) is 0. The molecule has 0 aliphatic heterocycles. The minimum absolute atomic E-state index is 0.181. The van der Waals surface area contributed by atoms with Crippen LogP contribution in [-0.4, -0.2) is 20.7 Å². The molecule has 3 aromatic rings. The van der Waals surface area contributed by atoms with Crippen LogP contribution in [0.1, 0.15) is 32.9 Å². The molecule has 0 saturated carbocycles. The second-order valence-electron chi connectivity index (χ2n) is 6.23. The number of aryl methyl sites for hydroxylation is 2. The van der Waals surface area contributed by atoms with Gasteiger partial charge in [0.25, 0.3) is 5.91 Å². The molecular formula is C19H16F4N4O. The third kappa shape index (κ3) is 4.19. The van der Waals surface area contributed by atoms with Crippen molar-refractivity contribution >= 4 is 5.91 Å². The molecule has 146 valence electrons. The van der Waals surface area contributed by atoms with Gasteiger partial charge in [0.1, 0.15) is 5.82 Å². The van der Waals surface area contributed by atoms with Crippen LogP contribution in [0.5, 0.6) is 0 Å². The lowest BCUT2D eigenvalue weighted by Crippen LogP contribution is -2.25. The van der Waals surface area contributed by atoms with Gasteiger partial charge in [0.2, 0.25) is 0 Å².